The smallest absolute Gasteiger partial charge is 0.251 e. The van der Waals surface area contributed by atoms with Gasteiger partial charge in [-0.1, -0.05) is 18.2 Å². The Kier molecular flexibility index (Phi) is 5.28. The van der Waals surface area contributed by atoms with Crippen LogP contribution in [0.15, 0.2) is 48.7 Å². The summed E-state index contributed by atoms with van der Waals surface area (Å²) in [5.41, 5.74) is 1.21. The summed E-state index contributed by atoms with van der Waals surface area (Å²) in [6.45, 7) is 3.56. The third-order valence-corrected chi connectivity index (χ3v) is 4.23. The molecule has 1 aliphatic rings. The second kappa shape index (κ2) is 7.79. The van der Waals surface area contributed by atoms with Gasteiger partial charge < -0.3 is 15.5 Å². The highest BCUT2D eigenvalue weighted by Gasteiger charge is 2.21. The molecule has 6 nitrogen and oxygen atoms in total. The molecule has 1 unspecified atom stereocenters. The molecule has 1 aliphatic heterocycles. The predicted octanol–water partition coefficient (Wildman–Crippen LogP) is 2.44. The number of carbonyl (C=O) groups excluding carboxylic acids is 2. The standard InChI is InChI=1S/C19H22N4O2/c1-14(21-19(25)15-8-3-2-4-9-15)18(24)22-16-10-7-11-20-17(16)23-12-5-6-13-23/h2-4,7-11,14H,5-6,12-13H2,1H3,(H,21,25)(H,22,24). The minimum Gasteiger partial charge on any atom is -0.355 e. The summed E-state index contributed by atoms with van der Waals surface area (Å²) < 4.78 is 0. The van der Waals surface area contributed by atoms with Gasteiger partial charge >= 0.3 is 0 Å². The number of aromatic nitrogens is 1. The second-order valence-electron chi connectivity index (χ2n) is 6.12. The molecule has 2 amide bonds. The number of hydrogen-bond acceptors (Lipinski definition) is 4. The molecule has 2 heterocycles. The molecule has 0 spiro atoms. The maximum atomic E-state index is 12.5. The lowest BCUT2D eigenvalue weighted by Gasteiger charge is -2.21. The zero-order chi connectivity index (χ0) is 17.6. The maximum absolute atomic E-state index is 12.5. The summed E-state index contributed by atoms with van der Waals surface area (Å²) in [7, 11) is 0. The lowest BCUT2D eigenvalue weighted by atomic mass is 10.2. The van der Waals surface area contributed by atoms with Crippen LogP contribution in [0.5, 0.6) is 0 Å². The summed E-state index contributed by atoms with van der Waals surface area (Å²) in [4.78, 5) is 31.2. The van der Waals surface area contributed by atoms with Gasteiger partial charge in [-0.3, -0.25) is 9.59 Å². The van der Waals surface area contributed by atoms with Gasteiger partial charge in [0.15, 0.2) is 5.82 Å². The number of rotatable bonds is 5. The van der Waals surface area contributed by atoms with E-state index in [1.165, 1.54) is 0 Å². The lowest BCUT2D eigenvalue weighted by Crippen LogP contribution is -2.41. The van der Waals surface area contributed by atoms with Crippen molar-refractivity contribution in [3.8, 4) is 0 Å². The number of pyridine rings is 1. The van der Waals surface area contributed by atoms with Gasteiger partial charge in [0, 0.05) is 24.8 Å². The van der Waals surface area contributed by atoms with Crippen LogP contribution in [0, 0.1) is 0 Å². The number of hydrogen-bond donors (Lipinski definition) is 2. The highest BCUT2D eigenvalue weighted by Crippen LogP contribution is 2.26. The molecule has 0 bridgehead atoms. The van der Waals surface area contributed by atoms with Crippen molar-refractivity contribution in [3.63, 3.8) is 0 Å². The minimum atomic E-state index is -0.653. The number of nitrogens with zero attached hydrogens (tertiary/aromatic N) is 2. The Balaban J connectivity index is 1.65. The molecule has 3 rings (SSSR count). The number of anilines is 2. The number of amides is 2. The molecular weight excluding hydrogens is 316 g/mol. The molecule has 0 saturated carbocycles. The van der Waals surface area contributed by atoms with Crippen molar-refractivity contribution in [2.75, 3.05) is 23.3 Å². The normalized spacial score (nSPS) is 14.8. The van der Waals surface area contributed by atoms with E-state index in [1.54, 1.807) is 43.5 Å². The molecule has 6 heteroatoms. The molecule has 0 radical (unpaired) electrons. The van der Waals surface area contributed by atoms with E-state index in [0.29, 0.717) is 11.3 Å². The minimum absolute atomic E-state index is 0.266. The first-order valence-electron chi connectivity index (χ1n) is 8.52. The number of benzene rings is 1. The van der Waals surface area contributed by atoms with Crippen molar-refractivity contribution >= 4 is 23.3 Å². The molecule has 1 atom stereocenters. The van der Waals surface area contributed by atoms with Gasteiger partial charge in [0.25, 0.3) is 5.91 Å². The lowest BCUT2D eigenvalue weighted by molar-refractivity contribution is -0.117. The Hall–Kier alpha value is -2.89. The van der Waals surface area contributed by atoms with Crippen molar-refractivity contribution < 1.29 is 9.59 Å². The van der Waals surface area contributed by atoms with Crippen LogP contribution in [-0.2, 0) is 4.79 Å². The number of nitrogens with one attached hydrogen (secondary N) is 2. The monoisotopic (exact) mass is 338 g/mol. The molecule has 1 fully saturated rings. The van der Waals surface area contributed by atoms with Crippen molar-refractivity contribution in [2.45, 2.75) is 25.8 Å². The highest BCUT2D eigenvalue weighted by atomic mass is 16.2. The van der Waals surface area contributed by atoms with Gasteiger partial charge in [-0.2, -0.15) is 0 Å². The molecule has 1 aromatic carbocycles. The quantitative estimate of drug-likeness (QED) is 0.878. The fourth-order valence-corrected chi connectivity index (χ4v) is 2.85. The molecule has 2 N–H and O–H groups in total. The topological polar surface area (TPSA) is 74.3 Å². The SMILES string of the molecule is CC(NC(=O)c1ccccc1)C(=O)Nc1cccnc1N1CCCC1. The van der Waals surface area contributed by atoms with Gasteiger partial charge in [-0.25, -0.2) is 4.98 Å². The molecule has 130 valence electrons. The van der Waals surface area contributed by atoms with E-state index in [1.807, 2.05) is 12.1 Å². The zero-order valence-corrected chi connectivity index (χ0v) is 14.2. The van der Waals surface area contributed by atoms with Gasteiger partial charge in [0.05, 0.1) is 5.69 Å². The first kappa shape index (κ1) is 17.0. The van der Waals surface area contributed by atoms with E-state index in [9.17, 15) is 9.59 Å². The summed E-state index contributed by atoms with van der Waals surface area (Å²) in [6, 6.07) is 11.8. The van der Waals surface area contributed by atoms with E-state index < -0.39 is 6.04 Å². The Bertz CT molecular complexity index is 742. The maximum Gasteiger partial charge on any atom is 0.251 e. The summed E-state index contributed by atoms with van der Waals surface area (Å²) in [6.07, 6.45) is 3.99. The van der Waals surface area contributed by atoms with Crippen LogP contribution in [0.4, 0.5) is 11.5 Å². The first-order chi connectivity index (χ1) is 12.1. The predicted molar refractivity (Wildman–Crippen MR) is 97.7 cm³/mol. The van der Waals surface area contributed by atoms with Crippen LogP contribution >= 0.6 is 0 Å². The van der Waals surface area contributed by atoms with Gasteiger partial charge in [0.1, 0.15) is 6.04 Å². The molecule has 1 saturated heterocycles. The van der Waals surface area contributed by atoms with E-state index in [0.717, 1.165) is 31.7 Å². The van der Waals surface area contributed by atoms with Crippen LogP contribution in [0.1, 0.15) is 30.1 Å². The fraction of sp³-hybridized carbons (Fsp3) is 0.316. The van der Waals surface area contributed by atoms with Gasteiger partial charge in [0.2, 0.25) is 5.91 Å². The molecular formula is C19H22N4O2. The van der Waals surface area contributed by atoms with Crippen LogP contribution in [0.2, 0.25) is 0 Å². The van der Waals surface area contributed by atoms with Gasteiger partial charge in [-0.15, -0.1) is 0 Å². The third kappa shape index (κ3) is 4.15. The van der Waals surface area contributed by atoms with Crippen LogP contribution < -0.4 is 15.5 Å². The van der Waals surface area contributed by atoms with Crippen molar-refractivity contribution in [1.82, 2.24) is 10.3 Å². The zero-order valence-electron chi connectivity index (χ0n) is 14.2. The Labute approximate surface area is 147 Å². The van der Waals surface area contributed by atoms with E-state index in [2.05, 4.69) is 20.5 Å². The molecule has 2 aromatic rings. The van der Waals surface area contributed by atoms with Crippen molar-refractivity contribution in [1.29, 1.82) is 0 Å². The van der Waals surface area contributed by atoms with Crippen LogP contribution in [0.3, 0.4) is 0 Å². The van der Waals surface area contributed by atoms with E-state index >= 15 is 0 Å². The average molecular weight is 338 g/mol. The van der Waals surface area contributed by atoms with Crippen molar-refractivity contribution in [3.05, 3.63) is 54.2 Å². The molecule has 0 aliphatic carbocycles. The third-order valence-electron chi connectivity index (χ3n) is 4.23. The first-order valence-corrected chi connectivity index (χ1v) is 8.52. The summed E-state index contributed by atoms with van der Waals surface area (Å²) in [5.74, 6) is 0.252. The van der Waals surface area contributed by atoms with Crippen LogP contribution in [-0.4, -0.2) is 35.9 Å². The Morgan fingerprint density at radius 2 is 1.80 bits per heavy atom. The number of carbonyl (C=O) groups is 2. The second-order valence-corrected chi connectivity index (χ2v) is 6.12. The Morgan fingerprint density at radius 3 is 2.52 bits per heavy atom. The van der Waals surface area contributed by atoms with Crippen LogP contribution in [0.25, 0.3) is 0 Å². The Morgan fingerprint density at radius 1 is 1.08 bits per heavy atom. The van der Waals surface area contributed by atoms with Gasteiger partial charge in [-0.05, 0) is 44.0 Å². The highest BCUT2D eigenvalue weighted by molar-refractivity contribution is 6.01. The summed E-state index contributed by atoms with van der Waals surface area (Å²) >= 11 is 0. The average Bonchev–Trinajstić information content (AvgIpc) is 3.17. The largest absolute Gasteiger partial charge is 0.355 e. The summed E-state index contributed by atoms with van der Waals surface area (Å²) in [5, 5.41) is 5.61. The molecule has 25 heavy (non-hydrogen) atoms. The van der Waals surface area contributed by atoms with E-state index in [-0.39, 0.29) is 11.8 Å². The van der Waals surface area contributed by atoms with E-state index in [4.69, 9.17) is 0 Å². The molecule has 1 aromatic heterocycles. The fourth-order valence-electron chi connectivity index (χ4n) is 2.85. The van der Waals surface area contributed by atoms with Crippen molar-refractivity contribution in [2.24, 2.45) is 0 Å².